The van der Waals surface area contributed by atoms with Crippen LogP contribution in [0.2, 0.25) is 5.02 Å². The average molecular weight is 374 g/mol. The number of rotatable bonds is 2. The molecular formula is C18H17ClFN5O. The summed E-state index contributed by atoms with van der Waals surface area (Å²) in [6.45, 7) is 3.08. The molecule has 0 radical (unpaired) electrons. The Morgan fingerprint density at radius 2 is 2.15 bits per heavy atom. The van der Waals surface area contributed by atoms with E-state index in [1.165, 1.54) is 24.5 Å². The number of hydrogen-bond acceptors (Lipinski definition) is 4. The predicted molar refractivity (Wildman–Crippen MR) is 94.8 cm³/mol. The molecular weight excluding hydrogens is 357 g/mol. The van der Waals surface area contributed by atoms with E-state index in [4.69, 9.17) is 11.6 Å². The zero-order valence-electron chi connectivity index (χ0n) is 14.2. The number of likely N-dealkylation sites (tertiary alicyclic amines) is 1. The lowest BCUT2D eigenvalue weighted by Crippen LogP contribution is -2.39. The molecule has 3 heterocycles. The molecule has 3 aromatic rings. The highest BCUT2D eigenvalue weighted by Gasteiger charge is 2.28. The van der Waals surface area contributed by atoms with E-state index in [1.54, 1.807) is 9.42 Å². The lowest BCUT2D eigenvalue weighted by molar-refractivity contribution is 0.0704. The van der Waals surface area contributed by atoms with Crippen molar-refractivity contribution in [3.63, 3.8) is 0 Å². The van der Waals surface area contributed by atoms with Gasteiger partial charge >= 0.3 is 0 Å². The highest BCUT2D eigenvalue weighted by molar-refractivity contribution is 6.31. The van der Waals surface area contributed by atoms with Crippen molar-refractivity contribution in [1.82, 2.24) is 24.5 Å². The third-order valence-electron chi connectivity index (χ3n) is 4.64. The maximum atomic E-state index is 13.6. The first-order valence-corrected chi connectivity index (χ1v) is 8.82. The molecule has 26 heavy (non-hydrogen) atoms. The first kappa shape index (κ1) is 16.9. The minimum Gasteiger partial charge on any atom is -0.338 e. The van der Waals surface area contributed by atoms with Crippen molar-refractivity contribution in [3.05, 3.63) is 58.4 Å². The molecule has 1 fully saturated rings. The van der Waals surface area contributed by atoms with E-state index in [2.05, 4.69) is 15.1 Å². The number of hydrogen-bond donors (Lipinski definition) is 0. The van der Waals surface area contributed by atoms with Crippen LogP contribution in [0.4, 0.5) is 4.39 Å². The molecule has 2 aromatic heterocycles. The molecule has 8 heteroatoms. The van der Waals surface area contributed by atoms with Gasteiger partial charge in [0.1, 0.15) is 12.1 Å². The number of fused-ring (bicyclic) bond motifs is 1. The van der Waals surface area contributed by atoms with Crippen LogP contribution < -0.4 is 0 Å². The summed E-state index contributed by atoms with van der Waals surface area (Å²) in [6, 6.07) is 5.91. The van der Waals surface area contributed by atoms with E-state index in [9.17, 15) is 9.18 Å². The monoisotopic (exact) mass is 373 g/mol. The molecule has 1 aliphatic heterocycles. The van der Waals surface area contributed by atoms with Gasteiger partial charge in [-0.15, -0.1) is 0 Å². The molecule has 0 aliphatic carbocycles. The largest absolute Gasteiger partial charge is 0.338 e. The maximum Gasteiger partial charge on any atom is 0.254 e. The SMILES string of the molecule is Cc1cc(C2CCCN(C(=O)c3cc(F)cc(Cl)c3)C2)n2ncnc2n1. The van der Waals surface area contributed by atoms with Crippen molar-refractivity contribution in [1.29, 1.82) is 0 Å². The van der Waals surface area contributed by atoms with Gasteiger partial charge in [-0.25, -0.2) is 13.9 Å². The van der Waals surface area contributed by atoms with Gasteiger partial charge in [-0.3, -0.25) is 4.79 Å². The molecule has 0 N–H and O–H groups in total. The molecule has 0 saturated carbocycles. The number of amides is 1. The Labute approximate surface area is 154 Å². The van der Waals surface area contributed by atoms with Crippen LogP contribution in [-0.4, -0.2) is 43.5 Å². The van der Waals surface area contributed by atoms with Gasteiger partial charge in [0.2, 0.25) is 0 Å². The van der Waals surface area contributed by atoms with Crippen LogP contribution in [0.5, 0.6) is 0 Å². The topological polar surface area (TPSA) is 63.4 Å². The Morgan fingerprint density at radius 1 is 1.31 bits per heavy atom. The van der Waals surface area contributed by atoms with Gasteiger partial charge in [0.15, 0.2) is 0 Å². The molecule has 6 nitrogen and oxygen atoms in total. The Kier molecular flexibility index (Phi) is 4.32. The molecule has 1 saturated heterocycles. The molecule has 1 atom stereocenters. The highest BCUT2D eigenvalue weighted by Crippen LogP contribution is 2.28. The third kappa shape index (κ3) is 3.14. The van der Waals surface area contributed by atoms with Gasteiger partial charge < -0.3 is 4.90 Å². The number of carbonyl (C=O) groups excluding carboxylic acids is 1. The smallest absolute Gasteiger partial charge is 0.254 e. The fourth-order valence-electron chi connectivity index (χ4n) is 3.51. The van der Waals surface area contributed by atoms with Crippen LogP contribution in [-0.2, 0) is 0 Å². The van der Waals surface area contributed by atoms with Crippen LogP contribution in [0.15, 0.2) is 30.6 Å². The van der Waals surface area contributed by atoms with Crippen molar-refractivity contribution >= 4 is 23.3 Å². The molecule has 1 unspecified atom stereocenters. The zero-order valence-corrected chi connectivity index (χ0v) is 14.9. The van der Waals surface area contributed by atoms with Gasteiger partial charge in [0.05, 0.1) is 5.69 Å². The Bertz CT molecular complexity index is 969. The third-order valence-corrected chi connectivity index (χ3v) is 4.86. The number of benzene rings is 1. The molecule has 1 aromatic carbocycles. The number of nitrogens with zero attached hydrogens (tertiary/aromatic N) is 5. The molecule has 0 bridgehead atoms. The Hall–Kier alpha value is -2.54. The first-order chi connectivity index (χ1) is 12.5. The number of aryl methyl sites for hydroxylation is 1. The normalized spacial score (nSPS) is 17.7. The number of aromatic nitrogens is 4. The number of halogens is 2. The van der Waals surface area contributed by atoms with E-state index in [0.29, 0.717) is 18.9 Å². The van der Waals surface area contributed by atoms with Gasteiger partial charge in [-0.05, 0) is 44.0 Å². The van der Waals surface area contributed by atoms with Crippen LogP contribution >= 0.6 is 11.6 Å². The summed E-state index contributed by atoms with van der Waals surface area (Å²) < 4.78 is 15.3. The van der Waals surface area contributed by atoms with Crippen LogP contribution in [0.3, 0.4) is 0 Å². The van der Waals surface area contributed by atoms with Gasteiger partial charge in [-0.2, -0.15) is 10.1 Å². The van der Waals surface area contributed by atoms with E-state index in [1.807, 2.05) is 13.0 Å². The van der Waals surface area contributed by atoms with Crippen molar-refractivity contribution in [2.24, 2.45) is 0 Å². The summed E-state index contributed by atoms with van der Waals surface area (Å²) in [4.78, 5) is 23.1. The quantitative estimate of drug-likeness (QED) is 0.691. The van der Waals surface area contributed by atoms with Crippen molar-refractivity contribution in [2.75, 3.05) is 13.1 Å². The second-order valence-electron chi connectivity index (χ2n) is 6.54. The number of carbonyl (C=O) groups is 1. The van der Waals surface area contributed by atoms with Gasteiger partial charge in [-0.1, -0.05) is 11.6 Å². The molecule has 0 spiro atoms. The second-order valence-corrected chi connectivity index (χ2v) is 6.98. The fourth-order valence-corrected chi connectivity index (χ4v) is 3.73. The van der Waals surface area contributed by atoms with E-state index in [0.717, 1.165) is 24.2 Å². The minimum atomic E-state index is -0.511. The Morgan fingerprint density at radius 3 is 2.96 bits per heavy atom. The number of piperidine rings is 1. The fraction of sp³-hybridized carbons (Fsp3) is 0.333. The summed E-state index contributed by atoms with van der Waals surface area (Å²) in [5.41, 5.74) is 2.12. The summed E-state index contributed by atoms with van der Waals surface area (Å²) in [7, 11) is 0. The summed E-state index contributed by atoms with van der Waals surface area (Å²) >= 11 is 5.89. The second kappa shape index (κ2) is 6.64. The molecule has 1 amide bonds. The van der Waals surface area contributed by atoms with E-state index < -0.39 is 5.82 Å². The standard InChI is InChI=1S/C18H17ClFN5O/c1-11-5-16(25-18(23-11)21-10-22-25)12-3-2-4-24(9-12)17(26)13-6-14(19)8-15(20)7-13/h5-8,10,12H,2-4,9H2,1H3. The van der Waals surface area contributed by atoms with Gasteiger partial charge in [0.25, 0.3) is 11.7 Å². The minimum absolute atomic E-state index is 0.114. The van der Waals surface area contributed by atoms with Gasteiger partial charge in [0, 0.05) is 35.3 Å². The molecule has 134 valence electrons. The Balaban J connectivity index is 1.63. The average Bonchev–Trinajstić information content (AvgIpc) is 3.08. The van der Waals surface area contributed by atoms with Crippen molar-refractivity contribution < 1.29 is 9.18 Å². The highest BCUT2D eigenvalue weighted by atomic mass is 35.5. The molecule has 4 rings (SSSR count). The van der Waals surface area contributed by atoms with Crippen LogP contribution in [0.1, 0.15) is 40.5 Å². The van der Waals surface area contributed by atoms with Crippen molar-refractivity contribution in [3.8, 4) is 0 Å². The van der Waals surface area contributed by atoms with Crippen LogP contribution in [0.25, 0.3) is 5.78 Å². The zero-order chi connectivity index (χ0) is 18.3. The predicted octanol–water partition coefficient (Wildman–Crippen LogP) is 3.25. The van der Waals surface area contributed by atoms with E-state index >= 15 is 0 Å². The maximum absolute atomic E-state index is 13.6. The summed E-state index contributed by atoms with van der Waals surface area (Å²) in [6.07, 6.45) is 3.27. The van der Waals surface area contributed by atoms with Crippen molar-refractivity contribution in [2.45, 2.75) is 25.7 Å². The summed E-state index contributed by atoms with van der Waals surface area (Å²) in [5, 5.41) is 4.48. The summed E-state index contributed by atoms with van der Waals surface area (Å²) in [5.74, 6) is -0.0526. The van der Waals surface area contributed by atoms with Crippen LogP contribution in [0, 0.1) is 12.7 Å². The first-order valence-electron chi connectivity index (χ1n) is 8.44. The lowest BCUT2D eigenvalue weighted by Gasteiger charge is -2.33. The van der Waals surface area contributed by atoms with E-state index in [-0.39, 0.29) is 22.4 Å². The molecule has 1 aliphatic rings. The lowest BCUT2D eigenvalue weighted by atomic mass is 9.93.